The zero-order valence-corrected chi connectivity index (χ0v) is 12.6. The Labute approximate surface area is 120 Å². The van der Waals surface area contributed by atoms with E-state index in [1.807, 2.05) is 26.8 Å². The fourth-order valence-corrected chi connectivity index (χ4v) is 3.06. The second kappa shape index (κ2) is 6.20. The molecule has 2 N–H and O–H groups in total. The van der Waals surface area contributed by atoms with Gasteiger partial charge in [-0.25, -0.2) is 4.39 Å². The average molecular weight is 280 g/mol. The van der Waals surface area contributed by atoms with E-state index in [4.69, 9.17) is 0 Å². The maximum atomic E-state index is 13.9. The van der Waals surface area contributed by atoms with Crippen molar-refractivity contribution in [1.82, 2.24) is 10.2 Å². The van der Waals surface area contributed by atoms with Gasteiger partial charge in [0.2, 0.25) is 0 Å². The van der Waals surface area contributed by atoms with Gasteiger partial charge in [-0.15, -0.1) is 0 Å². The van der Waals surface area contributed by atoms with Crippen LogP contribution in [0.25, 0.3) is 0 Å². The molecule has 1 aromatic rings. The molecule has 0 bridgehead atoms. The monoisotopic (exact) mass is 280 g/mol. The van der Waals surface area contributed by atoms with Gasteiger partial charge in [0.05, 0.1) is 0 Å². The maximum absolute atomic E-state index is 13.9. The highest BCUT2D eigenvalue weighted by Gasteiger charge is 2.36. The van der Waals surface area contributed by atoms with E-state index >= 15 is 0 Å². The molecule has 2 rings (SSSR count). The van der Waals surface area contributed by atoms with Crippen molar-refractivity contribution in [2.45, 2.75) is 26.8 Å². The first-order valence-corrected chi connectivity index (χ1v) is 7.28. The van der Waals surface area contributed by atoms with Crippen LogP contribution in [0.1, 0.15) is 31.0 Å². The molecule has 0 aliphatic carbocycles. The molecule has 1 fully saturated rings. The van der Waals surface area contributed by atoms with Crippen molar-refractivity contribution in [3.63, 3.8) is 0 Å². The highest BCUT2D eigenvalue weighted by atomic mass is 19.1. The molecule has 0 saturated carbocycles. The predicted molar refractivity (Wildman–Crippen MR) is 79.2 cm³/mol. The van der Waals surface area contributed by atoms with E-state index in [1.165, 1.54) is 6.07 Å². The van der Waals surface area contributed by atoms with Gasteiger partial charge < -0.3 is 10.4 Å². The summed E-state index contributed by atoms with van der Waals surface area (Å²) in [5.41, 5.74) is 1.37. The zero-order valence-electron chi connectivity index (χ0n) is 12.6. The topological polar surface area (TPSA) is 35.5 Å². The molecule has 0 amide bonds. The van der Waals surface area contributed by atoms with Crippen LogP contribution in [-0.4, -0.2) is 42.8 Å². The fraction of sp³-hybridized carbons (Fsp3) is 0.625. The van der Waals surface area contributed by atoms with Gasteiger partial charge >= 0.3 is 0 Å². The molecule has 3 nitrogen and oxygen atoms in total. The number of hydrogen-bond donors (Lipinski definition) is 2. The lowest BCUT2D eigenvalue weighted by atomic mass is 9.78. The summed E-state index contributed by atoms with van der Waals surface area (Å²) in [5.74, 6) is -0.170. The number of nitrogens with one attached hydrogen (secondary N) is 1. The number of halogens is 1. The second-order valence-corrected chi connectivity index (χ2v) is 6.29. The number of aliphatic hydroxyl groups excluding tert-OH is 1. The van der Waals surface area contributed by atoms with Crippen LogP contribution in [0.3, 0.4) is 0 Å². The SMILES string of the molecule is Cc1c(F)cccc1[C@@H](N1CCNCC1)C(C)(C)CO. The van der Waals surface area contributed by atoms with Gasteiger partial charge in [0, 0.05) is 44.2 Å². The first-order chi connectivity index (χ1) is 9.47. The van der Waals surface area contributed by atoms with Gasteiger partial charge in [-0.2, -0.15) is 0 Å². The Morgan fingerprint density at radius 3 is 2.60 bits per heavy atom. The van der Waals surface area contributed by atoms with E-state index in [9.17, 15) is 9.50 Å². The summed E-state index contributed by atoms with van der Waals surface area (Å²) in [6, 6.07) is 5.29. The van der Waals surface area contributed by atoms with Gasteiger partial charge in [-0.1, -0.05) is 26.0 Å². The summed E-state index contributed by atoms with van der Waals surface area (Å²) in [5, 5.41) is 13.1. The molecular formula is C16H25FN2O. The highest BCUT2D eigenvalue weighted by Crippen LogP contribution is 2.39. The summed E-state index contributed by atoms with van der Waals surface area (Å²) in [6.07, 6.45) is 0. The van der Waals surface area contributed by atoms with Crippen LogP contribution in [0.2, 0.25) is 0 Å². The van der Waals surface area contributed by atoms with Crippen molar-refractivity contribution >= 4 is 0 Å². The summed E-state index contributed by atoms with van der Waals surface area (Å²) in [4.78, 5) is 2.36. The smallest absolute Gasteiger partial charge is 0.126 e. The molecule has 0 unspecified atom stereocenters. The van der Waals surface area contributed by atoms with Crippen molar-refractivity contribution < 1.29 is 9.50 Å². The molecule has 1 aromatic carbocycles. The van der Waals surface area contributed by atoms with E-state index in [-0.39, 0.29) is 23.9 Å². The Bertz CT molecular complexity index is 456. The van der Waals surface area contributed by atoms with Crippen molar-refractivity contribution in [2.24, 2.45) is 5.41 Å². The first-order valence-electron chi connectivity index (χ1n) is 7.28. The normalized spacial score (nSPS) is 19.1. The van der Waals surface area contributed by atoms with Gasteiger partial charge in [0.15, 0.2) is 0 Å². The molecular weight excluding hydrogens is 255 g/mol. The Morgan fingerprint density at radius 1 is 1.35 bits per heavy atom. The molecule has 1 heterocycles. The maximum Gasteiger partial charge on any atom is 0.126 e. The molecule has 4 heteroatoms. The van der Waals surface area contributed by atoms with Crippen molar-refractivity contribution in [2.75, 3.05) is 32.8 Å². The number of rotatable bonds is 4. The van der Waals surface area contributed by atoms with Gasteiger partial charge in [0.1, 0.15) is 5.82 Å². The van der Waals surface area contributed by atoms with E-state index in [1.54, 1.807) is 6.07 Å². The molecule has 0 aromatic heterocycles. The van der Waals surface area contributed by atoms with Crippen LogP contribution in [0.4, 0.5) is 4.39 Å². The molecule has 0 radical (unpaired) electrons. The minimum absolute atomic E-state index is 0.0327. The molecule has 1 aliphatic rings. The Morgan fingerprint density at radius 2 is 2.00 bits per heavy atom. The van der Waals surface area contributed by atoms with E-state index in [0.717, 1.165) is 31.7 Å². The lowest BCUT2D eigenvalue weighted by Crippen LogP contribution is -2.49. The van der Waals surface area contributed by atoms with Gasteiger partial charge in [-0.05, 0) is 24.1 Å². The Kier molecular flexibility index (Phi) is 4.78. The Hall–Kier alpha value is -0.970. The minimum Gasteiger partial charge on any atom is -0.396 e. The second-order valence-electron chi connectivity index (χ2n) is 6.29. The molecule has 1 aliphatic heterocycles. The standard InChI is InChI=1S/C16H25FN2O/c1-12-13(5-4-6-14(12)17)15(16(2,3)11-20)19-9-7-18-8-10-19/h4-6,15,18,20H,7-11H2,1-3H3/t15-/m1/s1. The van der Waals surface area contributed by atoms with E-state index < -0.39 is 0 Å². The lowest BCUT2D eigenvalue weighted by Gasteiger charge is -2.44. The lowest BCUT2D eigenvalue weighted by molar-refractivity contribution is 0.0300. The van der Waals surface area contributed by atoms with Crippen LogP contribution < -0.4 is 5.32 Å². The van der Waals surface area contributed by atoms with Crippen LogP contribution in [0.15, 0.2) is 18.2 Å². The van der Waals surface area contributed by atoms with E-state index in [2.05, 4.69) is 10.2 Å². The third-order valence-corrected chi connectivity index (χ3v) is 4.27. The van der Waals surface area contributed by atoms with Crippen LogP contribution in [-0.2, 0) is 0 Å². The predicted octanol–water partition coefficient (Wildman–Crippen LogP) is 2.10. The van der Waals surface area contributed by atoms with Gasteiger partial charge in [-0.3, -0.25) is 4.90 Å². The minimum atomic E-state index is -0.310. The van der Waals surface area contributed by atoms with Crippen molar-refractivity contribution in [3.8, 4) is 0 Å². The van der Waals surface area contributed by atoms with Crippen LogP contribution in [0, 0.1) is 18.2 Å². The number of aliphatic hydroxyl groups is 1. The highest BCUT2D eigenvalue weighted by molar-refractivity contribution is 5.31. The van der Waals surface area contributed by atoms with Crippen molar-refractivity contribution in [1.29, 1.82) is 0 Å². The molecule has 1 atom stereocenters. The van der Waals surface area contributed by atoms with Gasteiger partial charge in [0.25, 0.3) is 0 Å². The van der Waals surface area contributed by atoms with Crippen LogP contribution >= 0.6 is 0 Å². The third kappa shape index (κ3) is 3.03. The summed E-state index contributed by atoms with van der Waals surface area (Å²) < 4.78 is 13.9. The molecule has 1 saturated heterocycles. The summed E-state index contributed by atoms with van der Waals surface area (Å²) in [6.45, 7) is 9.71. The number of nitrogens with zero attached hydrogens (tertiary/aromatic N) is 1. The largest absolute Gasteiger partial charge is 0.396 e. The number of benzene rings is 1. The summed E-state index contributed by atoms with van der Waals surface area (Å²) in [7, 11) is 0. The fourth-order valence-electron chi connectivity index (χ4n) is 3.06. The molecule has 112 valence electrons. The molecule has 20 heavy (non-hydrogen) atoms. The zero-order chi connectivity index (χ0) is 14.8. The number of hydrogen-bond acceptors (Lipinski definition) is 3. The first kappa shape index (κ1) is 15.4. The van der Waals surface area contributed by atoms with E-state index in [0.29, 0.717) is 5.56 Å². The Balaban J connectivity index is 2.42. The number of piperazine rings is 1. The third-order valence-electron chi connectivity index (χ3n) is 4.27. The summed E-state index contributed by atoms with van der Waals surface area (Å²) >= 11 is 0. The average Bonchev–Trinajstić information content (AvgIpc) is 2.45. The van der Waals surface area contributed by atoms with Crippen molar-refractivity contribution in [3.05, 3.63) is 35.1 Å². The van der Waals surface area contributed by atoms with Crippen LogP contribution in [0.5, 0.6) is 0 Å². The quantitative estimate of drug-likeness (QED) is 0.886. The molecule has 0 spiro atoms.